The summed E-state index contributed by atoms with van der Waals surface area (Å²) < 4.78 is 1.49. The Morgan fingerprint density at radius 2 is 1.88 bits per heavy atom. The van der Waals surface area contributed by atoms with Crippen molar-refractivity contribution in [2.75, 3.05) is 5.73 Å². The number of para-hydroxylation sites is 2. The lowest BCUT2D eigenvalue weighted by molar-refractivity contribution is 0.848. The lowest BCUT2D eigenvalue weighted by Gasteiger charge is -2.00. The maximum atomic E-state index is 5.44. The van der Waals surface area contributed by atoms with Crippen molar-refractivity contribution in [3.8, 4) is 5.82 Å². The van der Waals surface area contributed by atoms with Crippen LogP contribution in [0.1, 0.15) is 0 Å². The Morgan fingerprint density at radius 1 is 1.06 bits per heavy atom. The van der Waals surface area contributed by atoms with Crippen LogP contribution >= 0.6 is 0 Å². The Hall–Kier alpha value is -2.50. The van der Waals surface area contributed by atoms with Crippen LogP contribution in [0.15, 0.2) is 36.8 Å². The molecule has 0 amide bonds. The molecule has 0 bridgehead atoms. The third kappa shape index (κ3) is 1.36. The van der Waals surface area contributed by atoms with Crippen molar-refractivity contribution < 1.29 is 0 Å². The van der Waals surface area contributed by atoms with Crippen LogP contribution in [0.5, 0.6) is 0 Å². The highest BCUT2D eigenvalue weighted by Gasteiger charge is 2.03. The highest BCUT2D eigenvalue weighted by atomic mass is 15.4. The molecular weight excluding hydrogens is 204 g/mol. The molecule has 0 unspecified atom stereocenters. The topological polar surface area (TPSA) is 82.5 Å². The summed E-state index contributed by atoms with van der Waals surface area (Å²) in [6.45, 7) is 0. The average Bonchev–Trinajstić information content (AvgIpc) is 2.75. The molecule has 3 aromatic rings. The first-order chi connectivity index (χ1) is 7.83. The van der Waals surface area contributed by atoms with E-state index in [4.69, 9.17) is 5.73 Å². The van der Waals surface area contributed by atoms with Crippen LogP contribution in [0.25, 0.3) is 16.9 Å². The molecule has 2 N–H and O–H groups in total. The van der Waals surface area contributed by atoms with Crippen molar-refractivity contribution in [1.29, 1.82) is 0 Å². The van der Waals surface area contributed by atoms with E-state index in [-0.39, 0.29) is 5.95 Å². The number of hydrogen-bond donors (Lipinski definition) is 1. The Bertz CT molecular complexity index is 644. The quantitative estimate of drug-likeness (QED) is 0.644. The normalized spacial score (nSPS) is 10.8. The Balaban J connectivity index is 2.18. The minimum Gasteiger partial charge on any atom is -0.366 e. The molecule has 2 heterocycles. The molecule has 0 saturated carbocycles. The second-order valence-electron chi connectivity index (χ2n) is 3.26. The number of nitrogens with two attached hydrogens (primary N) is 1. The van der Waals surface area contributed by atoms with E-state index in [1.165, 1.54) is 11.0 Å². The number of rotatable bonds is 1. The van der Waals surface area contributed by atoms with Crippen molar-refractivity contribution in [3.63, 3.8) is 0 Å². The fourth-order valence-corrected chi connectivity index (χ4v) is 1.44. The van der Waals surface area contributed by atoms with Crippen LogP contribution in [0.3, 0.4) is 0 Å². The number of nitrogen functional groups attached to an aromatic ring is 1. The van der Waals surface area contributed by atoms with E-state index >= 15 is 0 Å². The van der Waals surface area contributed by atoms with Gasteiger partial charge in [0.1, 0.15) is 6.33 Å². The van der Waals surface area contributed by atoms with E-state index in [0.717, 1.165) is 11.0 Å². The fraction of sp³-hybridized carbons (Fsp3) is 0. The smallest absolute Gasteiger partial charge is 0.239 e. The lowest BCUT2D eigenvalue weighted by atomic mass is 10.3. The number of nitrogens with zero attached hydrogens (tertiary/aromatic N) is 5. The van der Waals surface area contributed by atoms with E-state index in [1.54, 1.807) is 6.20 Å². The first-order valence-electron chi connectivity index (χ1n) is 4.72. The molecule has 6 nitrogen and oxygen atoms in total. The molecule has 0 spiro atoms. The van der Waals surface area contributed by atoms with Crippen LogP contribution in [-0.2, 0) is 0 Å². The van der Waals surface area contributed by atoms with E-state index < -0.39 is 0 Å². The molecule has 16 heavy (non-hydrogen) atoms. The van der Waals surface area contributed by atoms with Crippen molar-refractivity contribution in [1.82, 2.24) is 24.7 Å². The van der Waals surface area contributed by atoms with Gasteiger partial charge in [0.05, 0.1) is 17.2 Å². The number of benzene rings is 1. The number of fused-ring (bicyclic) bond motifs is 1. The summed E-state index contributed by atoms with van der Waals surface area (Å²) in [6.07, 6.45) is 3.14. The maximum Gasteiger partial charge on any atom is 0.239 e. The minimum atomic E-state index is 0.218. The van der Waals surface area contributed by atoms with Gasteiger partial charge in [-0.2, -0.15) is 4.68 Å². The third-order valence-corrected chi connectivity index (χ3v) is 2.18. The fourth-order valence-electron chi connectivity index (χ4n) is 1.44. The Kier molecular flexibility index (Phi) is 1.79. The van der Waals surface area contributed by atoms with Gasteiger partial charge in [0.15, 0.2) is 5.82 Å². The standard InChI is InChI=1S/C10H8N6/c11-10-13-6-16(15-10)9-5-12-7-3-1-2-4-8(7)14-9/h1-6H,(H2,11,15). The summed E-state index contributed by atoms with van der Waals surface area (Å²) in [5.41, 5.74) is 7.10. The van der Waals surface area contributed by atoms with Gasteiger partial charge in [-0.1, -0.05) is 12.1 Å². The molecule has 0 saturated heterocycles. The minimum absolute atomic E-state index is 0.218. The molecule has 0 radical (unpaired) electrons. The Labute approximate surface area is 90.8 Å². The summed E-state index contributed by atoms with van der Waals surface area (Å²) in [7, 11) is 0. The van der Waals surface area contributed by atoms with Crippen LogP contribution in [0, 0.1) is 0 Å². The number of anilines is 1. The van der Waals surface area contributed by atoms with E-state index in [0.29, 0.717) is 5.82 Å². The van der Waals surface area contributed by atoms with Gasteiger partial charge in [0.2, 0.25) is 5.95 Å². The molecule has 0 fully saturated rings. The molecule has 6 heteroatoms. The zero-order chi connectivity index (χ0) is 11.0. The van der Waals surface area contributed by atoms with Gasteiger partial charge in [-0.3, -0.25) is 4.98 Å². The molecule has 0 aliphatic carbocycles. The molecule has 1 aromatic carbocycles. The number of hydrogen-bond acceptors (Lipinski definition) is 5. The van der Waals surface area contributed by atoms with Crippen LogP contribution in [0.2, 0.25) is 0 Å². The third-order valence-electron chi connectivity index (χ3n) is 2.18. The molecule has 3 rings (SSSR count). The molecule has 2 aromatic heterocycles. The predicted octanol–water partition coefficient (Wildman–Crippen LogP) is 0.793. The van der Waals surface area contributed by atoms with Gasteiger partial charge >= 0.3 is 0 Å². The van der Waals surface area contributed by atoms with Gasteiger partial charge in [-0.15, -0.1) is 5.10 Å². The largest absolute Gasteiger partial charge is 0.366 e. The summed E-state index contributed by atoms with van der Waals surface area (Å²) in [4.78, 5) is 12.5. The van der Waals surface area contributed by atoms with Gasteiger partial charge in [-0.05, 0) is 12.1 Å². The van der Waals surface area contributed by atoms with Gasteiger partial charge < -0.3 is 5.73 Å². The van der Waals surface area contributed by atoms with E-state index in [2.05, 4.69) is 20.1 Å². The first kappa shape index (κ1) is 8.78. The van der Waals surface area contributed by atoms with Crippen molar-refractivity contribution >= 4 is 17.0 Å². The highest BCUT2D eigenvalue weighted by molar-refractivity contribution is 5.74. The molecule has 0 aliphatic heterocycles. The van der Waals surface area contributed by atoms with Gasteiger partial charge in [0, 0.05) is 0 Å². The summed E-state index contributed by atoms with van der Waals surface area (Å²) in [5.74, 6) is 0.817. The second kappa shape index (κ2) is 3.27. The SMILES string of the molecule is Nc1ncn(-c2cnc3ccccc3n2)n1. The first-order valence-corrected chi connectivity index (χ1v) is 4.72. The van der Waals surface area contributed by atoms with Crippen molar-refractivity contribution in [2.45, 2.75) is 0 Å². The van der Waals surface area contributed by atoms with Crippen molar-refractivity contribution in [3.05, 3.63) is 36.8 Å². The summed E-state index contributed by atoms with van der Waals surface area (Å²) >= 11 is 0. The predicted molar refractivity (Wildman–Crippen MR) is 58.9 cm³/mol. The molecule has 0 aliphatic rings. The molecule has 78 valence electrons. The highest BCUT2D eigenvalue weighted by Crippen LogP contribution is 2.10. The van der Waals surface area contributed by atoms with E-state index in [1.807, 2.05) is 24.3 Å². The molecule has 0 atom stereocenters. The maximum absolute atomic E-state index is 5.44. The average molecular weight is 212 g/mol. The lowest BCUT2D eigenvalue weighted by Crippen LogP contribution is -2.00. The zero-order valence-corrected chi connectivity index (χ0v) is 8.28. The van der Waals surface area contributed by atoms with Gasteiger partial charge in [-0.25, -0.2) is 9.97 Å². The van der Waals surface area contributed by atoms with E-state index in [9.17, 15) is 0 Å². The second-order valence-corrected chi connectivity index (χ2v) is 3.26. The zero-order valence-electron chi connectivity index (χ0n) is 8.28. The number of aromatic nitrogens is 5. The van der Waals surface area contributed by atoms with Crippen molar-refractivity contribution in [2.24, 2.45) is 0 Å². The monoisotopic (exact) mass is 212 g/mol. The molecular formula is C10H8N6. The summed E-state index contributed by atoms with van der Waals surface area (Å²) in [5, 5.41) is 3.97. The summed E-state index contributed by atoms with van der Waals surface area (Å²) in [6, 6.07) is 7.63. The van der Waals surface area contributed by atoms with Crippen LogP contribution in [-0.4, -0.2) is 24.7 Å². The van der Waals surface area contributed by atoms with Crippen LogP contribution < -0.4 is 5.73 Å². The van der Waals surface area contributed by atoms with Crippen LogP contribution in [0.4, 0.5) is 5.95 Å². The van der Waals surface area contributed by atoms with Gasteiger partial charge in [0.25, 0.3) is 0 Å². The Morgan fingerprint density at radius 3 is 2.62 bits per heavy atom.